The summed E-state index contributed by atoms with van der Waals surface area (Å²) in [6.45, 7) is 0. The van der Waals surface area contributed by atoms with Crippen LogP contribution >= 0.6 is 45.2 Å². The predicted molar refractivity (Wildman–Crippen MR) is 81.7 cm³/mol. The monoisotopic (exact) mass is 420 g/mol. The quantitative estimate of drug-likeness (QED) is 0.486. The van der Waals surface area contributed by atoms with Gasteiger partial charge in [-0.3, -0.25) is 0 Å². The first-order valence-corrected chi connectivity index (χ1v) is 6.86. The highest BCUT2D eigenvalue weighted by molar-refractivity contribution is 14.2. The maximum atomic E-state index is 2.49. The van der Waals surface area contributed by atoms with E-state index in [1.165, 1.54) is 11.1 Å². The maximum absolute atomic E-state index is 2.49. The summed E-state index contributed by atoms with van der Waals surface area (Å²) >= 11 is 4.99. The molecule has 0 aromatic heterocycles. The molecule has 0 aliphatic carbocycles. The zero-order valence-corrected chi connectivity index (χ0v) is 12.3. The second kappa shape index (κ2) is 4.82. The fraction of sp³-hybridized carbons (Fsp3) is 0.0769. The number of rotatable bonds is 2. The van der Waals surface area contributed by atoms with Crippen molar-refractivity contribution < 1.29 is 0 Å². The van der Waals surface area contributed by atoms with Crippen molar-refractivity contribution in [1.82, 2.24) is 0 Å². The minimum absolute atomic E-state index is 0.0258. The Balaban J connectivity index is 2.44. The molecular formula is C13H10I2. The zero-order chi connectivity index (χ0) is 10.7. The van der Waals surface area contributed by atoms with Crippen LogP contribution in [-0.2, 0) is 1.43 Å². The summed E-state index contributed by atoms with van der Waals surface area (Å²) in [5.74, 6) is 0. The fourth-order valence-electron chi connectivity index (χ4n) is 1.46. The van der Waals surface area contributed by atoms with Crippen molar-refractivity contribution in [2.24, 2.45) is 0 Å². The molecule has 15 heavy (non-hydrogen) atoms. The molecule has 0 spiro atoms. The summed E-state index contributed by atoms with van der Waals surface area (Å²) in [4.78, 5) is 0. The van der Waals surface area contributed by atoms with Gasteiger partial charge >= 0.3 is 0 Å². The maximum Gasteiger partial charge on any atom is 0.123 e. The Bertz CT molecular complexity index is 379. The van der Waals surface area contributed by atoms with Crippen LogP contribution in [0.15, 0.2) is 60.7 Å². The number of hydrogen-bond acceptors (Lipinski definition) is 0. The molecule has 0 saturated heterocycles. The van der Waals surface area contributed by atoms with Crippen LogP contribution < -0.4 is 0 Å². The Kier molecular flexibility index (Phi) is 3.66. The van der Waals surface area contributed by atoms with Gasteiger partial charge in [-0.15, -0.1) is 0 Å². The average molecular weight is 420 g/mol. The molecule has 0 aliphatic rings. The average Bonchev–Trinajstić information content (AvgIpc) is 2.31. The lowest BCUT2D eigenvalue weighted by molar-refractivity contribution is 1.16. The predicted octanol–water partition coefficient (Wildman–Crippen LogP) is 4.76. The number of hydrogen-bond donors (Lipinski definition) is 0. The van der Waals surface area contributed by atoms with Crippen molar-refractivity contribution in [2.75, 3.05) is 0 Å². The van der Waals surface area contributed by atoms with Crippen LogP contribution in [0.5, 0.6) is 0 Å². The van der Waals surface area contributed by atoms with E-state index in [1.807, 2.05) is 0 Å². The van der Waals surface area contributed by atoms with Gasteiger partial charge in [0.15, 0.2) is 0 Å². The normalized spacial score (nSPS) is 11.3. The highest BCUT2D eigenvalue weighted by Crippen LogP contribution is 2.45. The van der Waals surface area contributed by atoms with E-state index >= 15 is 0 Å². The summed E-state index contributed by atoms with van der Waals surface area (Å²) in [6.07, 6.45) is 0. The van der Waals surface area contributed by atoms with Crippen molar-refractivity contribution in [3.8, 4) is 0 Å². The third-order valence-electron chi connectivity index (χ3n) is 2.27. The first-order chi connectivity index (χ1) is 7.21. The number of halogens is 2. The molecule has 0 saturated carbocycles. The largest absolute Gasteiger partial charge is 0.123 e. The molecule has 2 aromatic rings. The lowest BCUT2D eigenvalue weighted by Gasteiger charge is -2.21. The molecular weight excluding hydrogens is 410 g/mol. The molecule has 0 atom stereocenters. The van der Waals surface area contributed by atoms with Crippen LogP contribution in [0.25, 0.3) is 0 Å². The smallest absolute Gasteiger partial charge is 0.0622 e. The Hall–Kier alpha value is -0.1000. The second-order valence-corrected chi connectivity index (χ2v) is 8.61. The Labute approximate surface area is 117 Å². The fourth-order valence-corrected chi connectivity index (χ4v) is 2.90. The molecule has 0 nitrogen and oxygen atoms in total. The SMILES string of the molecule is IC(I)(c1ccccc1)c1ccccc1. The van der Waals surface area contributed by atoms with Gasteiger partial charge in [0.2, 0.25) is 0 Å². The molecule has 2 rings (SSSR count). The first-order valence-electron chi connectivity index (χ1n) is 4.70. The summed E-state index contributed by atoms with van der Waals surface area (Å²) in [7, 11) is 0. The van der Waals surface area contributed by atoms with Gasteiger partial charge in [-0.2, -0.15) is 0 Å². The standard InChI is InChI=1S/C13H10I2/c14-13(15,11-7-3-1-4-8-11)12-9-5-2-6-10-12/h1-10H. The highest BCUT2D eigenvalue weighted by atomic mass is 127. The molecule has 0 bridgehead atoms. The van der Waals surface area contributed by atoms with Crippen molar-refractivity contribution in [3.63, 3.8) is 0 Å². The second-order valence-electron chi connectivity index (χ2n) is 3.31. The lowest BCUT2D eigenvalue weighted by Crippen LogP contribution is -2.09. The van der Waals surface area contributed by atoms with Crippen molar-refractivity contribution in [1.29, 1.82) is 0 Å². The van der Waals surface area contributed by atoms with E-state index in [2.05, 4.69) is 106 Å². The number of alkyl halides is 2. The molecule has 76 valence electrons. The van der Waals surface area contributed by atoms with Gasteiger partial charge in [-0.05, 0) is 11.1 Å². The topological polar surface area (TPSA) is 0 Å². The molecule has 0 N–H and O–H groups in total. The van der Waals surface area contributed by atoms with Gasteiger partial charge in [-0.1, -0.05) is 106 Å². The molecule has 0 amide bonds. The van der Waals surface area contributed by atoms with Crippen LogP contribution in [0.4, 0.5) is 0 Å². The summed E-state index contributed by atoms with van der Waals surface area (Å²) in [6, 6.07) is 21.1. The summed E-state index contributed by atoms with van der Waals surface area (Å²) < 4.78 is 0.0258. The molecule has 2 heteroatoms. The zero-order valence-electron chi connectivity index (χ0n) is 8.03. The minimum atomic E-state index is 0.0258. The van der Waals surface area contributed by atoms with Crippen LogP contribution in [0.1, 0.15) is 11.1 Å². The highest BCUT2D eigenvalue weighted by Gasteiger charge is 2.26. The van der Waals surface area contributed by atoms with E-state index in [0.717, 1.165) is 0 Å². The van der Waals surface area contributed by atoms with E-state index in [0.29, 0.717) is 0 Å². The van der Waals surface area contributed by atoms with E-state index < -0.39 is 0 Å². The van der Waals surface area contributed by atoms with Gasteiger partial charge < -0.3 is 0 Å². The molecule has 2 aromatic carbocycles. The third kappa shape index (κ3) is 2.53. The van der Waals surface area contributed by atoms with E-state index in [9.17, 15) is 0 Å². The van der Waals surface area contributed by atoms with Crippen molar-refractivity contribution >= 4 is 45.2 Å². The number of benzene rings is 2. The molecule has 0 fully saturated rings. The van der Waals surface area contributed by atoms with E-state index in [-0.39, 0.29) is 1.43 Å². The van der Waals surface area contributed by atoms with Gasteiger partial charge in [-0.25, -0.2) is 0 Å². The molecule has 0 unspecified atom stereocenters. The van der Waals surface area contributed by atoms with Gasteiger partial charge in [0.1, 0.15) is 1.43 Å². The van der Waals surface area contributed by atoms with Crippen LogP contribution in [0.3, 0.4) is 0 Å². The Morgan fingerprint density at radius 1 is 0.600 bits per heavy atom. The van der Waals surface area contributed by atoms with Gasteiger partial charge in [0.05, 0.1) is 0 Å². The van der Waals surface area contributed by atoms with Crippen molar-refractivity contribution in [3.05, 3.63) is 71.8 Å². The third-order valence-corrected chi connectivity index (χ3v) is 4.76. The van der Waals surface area contributed by atoms with E-state index in [1.54, 1.807) is 0 Å². The lowest BCUT2D eigenvalue weighted by atomic mass is 10.1. The minimum Gasteiger partial charge on any atom is -0.0622 e. The van der Waals surface area contributed by atoms with Crippen LogP contribution in [-0.4, -0.2) is 0 Å². The summed E-state index contributed by atoms with van der Waals surface area (Å²) in [5.41, 5.74) is 2.66. The van der Waals surface area contributed by atoms with Crippen LogP contribution in [0, 0.1) is 0 Å². The van der Waals surface area contributed by atoms with E-state index in [4.69, 9.17) is 0 Å². The van der Waals surface area contributed by atoms with Gasteiger partial charge in [0.25, 0.3) is 0 Å². The molecule has 0 heterocycles. The Morgan fingerprint density at radius 2 is 0.933 bits per heavy atom. The van der Waals surface area contributed by atoms with Crippen molar-refractivity contribution in [2.45, 2.75) is 1.43 Å². The Morgan fingerprint density at radius 3 is 1.27 bits per heavy atom. The molecule has 0 radical (unpaired) electrons. The summed E-state index contributed by atoms with van der Waals surface area (Å²) in [5, 5.41) is 0. The van der Waals surface area contributed by atoms with Crippen LogP contribution in [0.2, 0.25) is 0 Å². The molecule has 0 aliphatic heterocycles. The first kappa shape index (κ1) is 11.4. The van der Waals surface area contributed by atoms with Gasteiger partial charge in [0, 0.05) is 0 Å².